The molecule has 2 atom stereocenters. The van der Waals surface area contributed by atoms with E-state index in [9.17, 15) is 0 Å². The second-order valence-electron chi connectivity index (χ2n) is 3.48. The van der Waals surface area contributed by atoms with E-state index in [0.29, 0.717) is 19.3 Å². The summed E-state index contributed by atoms with van der Waals surface area (Å²) in [7, 11) is 0. The molecule has 0 aromatic rings. The van der Waals surface area contributed by atoms with Crippen LogP contribution in [0.5, 0.6) is 0 Å². The summed E-state index contributed by atoms with van der Waals surface area (Å²) in [6.45, 7) is 7.12. The van der Waals surface area contributed by atoms with E-state index in [4.69, 9.17) is 9.47 Å². The lowest BCUT2D eigenvalue weighted by molar-refractivity contribution is -0.0677. The molecule has 0 aromatic carbocycles. The highest BCUT2D eigenvalue weighted by molar-refractivity contribution is 4.94. The highest BCUT2D eigenvalue weighted by Gasteiger charge is 2.18. The van der Waals surface area contributed by atoms with Crippen LogP contribution in [0.2, 0.25) is 0 Å². The largest absolute Gasteiger partial charge is 0.378 e. The third kappa shape index (κ3) is 4.61. The van der Waals surface area contributed by atoms with Crippen molar-refractivity contribution >= 4 is 0 Å². The van der Waals surface area contributed by atoms with Gasteiger partial charge in [-0.2, -0.15) is 0 Å². The van der Waals surface area contributed by atoms with Gasteiger partial charge in [-0.05, 0) is 13.8 Å². The number of hydrogen-bond donors (Lipinski definition) is 1. The molecular weight excluding hydrogens is 178 g/mol. The molecule has 14 heavy (non-hydrogen) atoms. The van der Waals surface area contributed by atoms with Gasteiger partial charge in [0.05, 0.1) is 25.4 Å². The van der Waals surface area contributed by atoms with Crippen molar-refractivity contribution in [2.24, 2.45) is 0 Å². The van der Waals surface area contributed by atoms with Crippen molar-refractivity contribution in [2.45, 2.75) is 32.5 Å². The second kappa shape index (κ2) is 6.83. The van der Waals surface area contributed by atoms with Crippen LogP contribution in [0.1, 0.15) is 20.3 Å². The molecule has 0 aliphatic carbocycles. The average Bonchev–Trinajstić information content (AvgIpc) is 2.18. The Hall–Kier alpha value is -0.560. The van der Waals surface area contributed by atoms with E-state index in [1.54, 1.807) is 0 Å². The van der Waals surface area contributed by atoms with Crippen LogP contribution in [-0.2, 0) is 9.47 Å². The lowest BCUT2D eigenvalue weighted by Crippen LogP contribution is -2.45. The molecule has 3 heteroatoms. The fourth-order valence-corrected chi connectivity index (χ4v) is 1.43. The van der Waals surface area contributed by atoms with E-state index in [-0.39, 0.29) is 6.10 Å². The Kier molecular flexibility index (Phi) is 5.62. The summed E-state index contributed by atoms with van der Waals surface area (Å²) in [5.74, 6) is 5.80. The van der Waals surface area contributed by atoms with Crippen molar-refractivity contribution in [2.75, 3.05) is 26.3 Å². The van der Waals surface area contributed by atoms with Gasteiger partial charge in [0.15, 0.2) is 0 Å². The molecule has 1 aliphatic rings. The molecule has 1 aliphatic heterocycles. The fraction of sp³-hybridized carbons (Fsp3) is 0.818. The van der Waals surface area contributed by atoms with E-state index in [1.165, 1.54) is 0 Å². The predicted octanol–water partition coefficient (Wildman–Crippen LogP) is 0.793. The maximum absolute atomic E-state index is 5.67. The summed E-state index contributed by atoms with van der Waals surface area (Å²) in [5.41, 5.74) is 0. The standard InChI is InChI=1S/C11H19NO2/c1-3-4-5-6-13-9-11-8-12-7-10(2)14-11/h10-12H,5-9H2,1-2H3. The molecular formula is C11H19NO2. The van der Waals surface area contributed by atoms with Gasteiger partial charge in [-0.15, -0.1) is 11.8 Å². The molecule has 0 amide bonds. The molecule has 1 heterocycles. The molecule has 1 fully saturated rings. The van der Waals surface area contributed by atoms with Gasteiger partial charge < -0.3 is 14.8 Å². The lowest BCUT2D eigenvalue weighted by atomic mass is 10.2. The Morgan fingerprint density at radius 2 is 2.36 bits per heavy atom. The van der Waals surface area contributed by atoms with Crippen LogP contribution < -0.4 is 5.32 Å². The molecule has 0 aromatic heterocycles. The minimum Gasteiger partial charge on any atom is -0.378 e. The van der Waals surface area contributed by atoms with Crippen LogP contribution in [0.25, 0.3) is 0 Å². The van der Waals surface area contributed by atoms with Gasteiger partial charge >= 0.3 is 0 Å². The molecule has 1 rings (SSSR count). The molecule has 1 saturated heterocycles. The summed E-state index contributed by atoms with van der Waals surface area (Å²) in [4.78, 5) is 0. The van der Waals surface area contributed by atoms with Crippen LogP contribution in [0, 0.1) is 11.8 Å². The van der Waals surface area contributed by atoms with Crippen molar-refractivity contribution in [1.29, 1.82) is 0 Å². The smallest absolute Gasteiger partial charge is 0.0936 e. The summed E-state index contributed by atoms with van der Waals surface area (Å²) >= 11 is 0. The fourth-order valence-electron chi connectivity index (χ4n) is 1.43. The zero-order valence-electron chi connectivity index (χ0n) is 9.01. The minimum atomic E-state index is 0.202. The summed E-state index contributed by atoms with van der Waals surface area (Å²) in [6, 6.07) is 0. The van der Waals surface area contributed by atoms with Crippen molar-refractivity contribution in [3.05, 3.63) is 0 Å². The Morgan fingerprint density at radius 3 is 3.07 bits per heavy atom. The van der Waals surface area contributed by atoms with Gasteiger partial charge in [0.1, 0.15) is 0 Å². The minimum absolute atomic E-state index is 0.202. The maximum Gasteiger partial charge on any atom is 0.0936 e. The number of hydrogen-bond acceptors (Lipinski definition) is 3. The Morgan fingerprint density at radius 1 is 1.50 bits per heavy atom. The molecule has 80 valence electrons. The third-order valence-corrected chi connectivity index (χ3v) is 2.08. The van der Waals surface area contributed by atoms with Gasteiger partial charge in [0.2, 0.25) is 0 Å². The molecule has 0 spiro atoms. The van der Waals surface area contributed by atoms with Gasteiger partial charge in [0, 0.05) is 19.5 Å². The predicted molar refractivity (Wildman–Crippen MR) is 56.1 cm³/mol. The summed E-state index contributed by atoms with van der Waals surface area (Å²) < 4.78 is 11.1. The zero-order valence-corrected chi connectivity index (χ0v) is 9.01. The number of nitrogens with one attached hydrogen (secondary N) is 1. The van der Waals surface area contributed by atoms with Crippen molar-refractivity contribution < 1.29 is 9.47 Å². The molecule has 3 nitrogen and oxygen atoms in total. The monoisotopic (exact) mass is 197 g/mol. The maximum atomic E-state index is 5.67. The molecule has 0 radical (unpaired) electrons. The van der Waals surface area contributed by atoms with Crippen molar-refractivity contribution in [3.63, 3.8) is 0 Å². The van der Waals surface area contributed by atoms with E-state index in [0.717, 1.165) is 19.5 Å². The van der Waals surface area contributed by atoms with Gasteiger partial charge in [-0.25, -0.2) is 0 Å². The van der Waals surface area contributed by atoms with Crippen LogP contribution in [0.3, 0.4) is 0 Å². The first-order chi connectivity index (χ1) is 6.83. The van der Waals surface area contributed by atoms with E-state index >= 15 is 0 Å². The number of rotatable bonds is 4. The van der Waals surface area contributed by atoms with Crippen LogP contribution >= 0.6 is 0 Å². The van der Waals surface area contributed by atoms with E-state index in [1.807, 2.05) is 6.92 Å². The molecule has 2 unspecified atom stereocenters. The molecule has 0 saturated carbocycles. The zero-order chi connectivity index (χ0) is 10.2. The SMILES string of the molecule is CC#CCCOCC1CNCC(C)O1. The normalized spacial score (nSPS) is 26.7. The first kappa shape index (κ1) is 11.5. The molecule has 1 N–H and O–H groups in total. The lowest BCUT2D eigenvalue weighted by Gasteiger charge is -2.28. The van der Waals surface area contributed by atoms with Crippen LogP contribution in [0.4, 0.5) is 0 Å². The number of morpholine rings is 1. The van der Waals surface area contributed by atoms with Crippen LogP contribution in [0.15, 0.2) is 0 Å². The average molecular weight is 197 g/mol. The highest BCUT2D eigenvalue weighted by Crippen LogP contribution is 2.03. The van der Waals surface area contributed by atoms with Gasteiger partial charge in [-0.1, -0.05) is 0 Å². The van der Waals surface area contributed by atoms with Crippen LogP contribution in [-0.4, -0.2) is 38.5 Å². The Labute approximate surface area is 86.2 Å². The second-order valence-corrected chi connectivity index (χ2v) is 3.48. The highest BCUT2D eigenvalue weighted by atomic mass is 16.5. The van der Waals surface area contributed by atoms with E-state index in [2.05, 4.69) is 24.1 Å². The molecule has 0 bridgehead atoms. The Bertz CT molecular complexity index is 207. The number of ether oxygens (including phenoxy) is 2. The summed E-state index contributed by atoms with van der Waals surface area (Å²) in [5, 5.41) is 3.30. The van der Waals surface area contributed by atoms with E-state index < -0.39 is 0 Å². The Balaban J connectivity index is 2.02. The topological polar surface area (TPSA) is 30.5 Å². The third-order valence-electron chi connectivity index (χ3n) is 2.08. The van der Waals surface area contributed by atoms with Crippen molar-refractivity contribution in [1.82, 2.24) is 5.32 Å². The quantitative estimate of drug-likeness (QED) is 0.534. The van der Waals surface area contributed by atoms with Gasteiger partial charge in [0.25, 0.3) is 0 Å². The van der Waals surface area contributed by atoms with Gasteiger partial charge in [-0.3, -0.25) is 0 Å². The first-order valence-electron chi connectivity index (χ1n) is 5.16. The summed E-state index contributed by atoms with van der Waals surface area (Å²) in [6.07, 6.45) is 1.31. The first-order valence-corrected chi connectivity index (χ1v) is 5.16. The van der Waals surface area contributed by atoms with Crippen molar-refractivity contribution in [3.8, 4) is 11.8 Å².